The van der Waals surface area contributed by atoms with E-state index >= 15 is 0 Å². The van der Waals surface area contributed by atoms with Crippen molar-refractivity contribution in [1.29, 1.82) is 0 Å². The van der Waals surface area contributed by atoms with Crippen LogP contribution < -0.4 is 10.1 Å². The van der Waals surface area contributed by atoms with Crippen LogP contribution in [0.15, 0.2) is 42.5 Å². The second-order valence-electron chi connectivity index (χ2n) is 6.69. The van der Waals surface area contributed by atoms with Crippen molar-refractivity contribution < 1.29 is 4.74 Å². The maximum absolute atomic E-state index is 6.18. The van der Waals surface area contributed by atoms with E-state index in [0.29, 0.717) is 22.7 Å². The Morgan fingerprint density at radius 3 is 2.54 bits per heavy atom. The van der Waals surface area contributed by atoms with Crippen molar-refractivity contribution in [2.24, 2.45) is 0 Å². The van der Waals surface area contributed by atoms with Gasteiger partial charge in [0, 0.05) is 34.7 Å². The number of rotatable bonds is 8. The average molecular weight is 393 g/mol. The molecule has 0 saturated carbocycles. The van der Waals surface area contributed by atoms with Gasteiger partial charge in [0.25, 0.3) is 0 Å². The zero-order valence-electron chi connectivity index (χ0n) is 15.2. The molecule has 0 bridgehead atoms. The van der Waals surface area contributed by atoms with Crippen molar-refractivity contribution in [3.05, 3.63) is 63.6 Å². The van der Waals surface area contributed by atoms with E-state index in [4.69, 9.17) is 27.9 Å². The number of nitrogens with one attached hydrogen (secondary N) is 1. The van der Waals surface area contributed by atoms with Gasteiger partial charge < -0.3 is 10.1 Å². The third kappa shape index (κ3) is 5.14. The standard InChI is InChI=1S/C21H26Cl2N2O/c1-2-25-12-4-5-17(25)14-24-13-16-8-10-18(11-9-16)26-15-19-20(22)6-3-7-21(19)23/h3,6-11,17,24H,2,4-5,12-15H2,1H3/t17-/m1/s1. The van der Waals surface area contributed by atoms with Crippen molar-refractivity contribution in [1.82, 2.24) is 10.2 Å². The quantitative estimate of drug-likeness (QED) is 0.672. The van der Waals surface area contributed by atoms with Crippen molar-refractivity contribution in [3.8, 4) is 5.75 Å². The highest BCUT2D eigenvalue weighted by molar-refractivity contribution is 6.35. The second kappa shape index (κ2) is 9.61. The van der Waals surface area contributed by atoms with Crippen LogP contribution in [-0.4, -0.2) is 30.6 Å². The Hall–Kier alpha value is -1.26. The van der Waals surface area contributed by atoms with Crippen LogP contribution >= 0.6 is 23.2 Å². The fourth-order valence-electron chi connectivity index (χ4n) is 3.46. The van der Waals surface area contributed by atoms with Crippen molar-refractivity contribution >= 4 is 23.2 Å². The van der Waals surface area contributed by atoms with Crippen molar-refractivity contribution in [2.45, 2.75) is 39.0 Å². The maximum Gasteiger partial charge on any atom is 0.119 e. The largest absolute Gasteiger partial charge is 0.489 e. The van der Waals surface area contributed by atoms with Crippen LogP contribution in [0.25, 0.3) is 0 Å². The number of likely N-dealkylation sites (tertiary alicyclic amines) is 1. The minimum atomic E-state index is 0.366. The molecule has 3 nitrogen and oxygen atoms in total. The molecule has 5 heteroatoms. The molecule has 0 aliphatic carbocycles. The Morgan fingerprint density at radius 2 is 1.85 bits per heavy atom. The Balaban J connectivity index is 1.46. The number of hydrogen-bond acceptors (Lipinski definition) is 3. The second-order valence-corrected chi connectivity index (χ2v) is 7.50. The highest BCUT2D eigenvalue weighted by Crippen LogP contribution is 2.26. The fourth-order valence-corrected chi connectivity index (χ4v) is 3.96. The van der Waals surface area contributed by atoms with Gasteiger partial charge in [-0.15, -0.1) is 0 Å². The summed E-state index contributed by atoms with van der Waals surface area (Å²) < 4.78 is 5.83. The summed E-state index contributed by atoms with van der Waals surface area (Å²) in [5.41, 5.74) is 2.08. The predicted molar refractivity (Wildman–Crippen MR) is 109 cm³/mol. The van der Waals surface area contributed by atoms with Gasteiger partial charge in [-0.3, -0.25) is 4.90 Å². The molecule has 0 radical (unpaired) electrons. The molecule has 1 heterocycles. The van der Waals surface area contributed by atoms with Crippen LogP contribution in [0.2, 0.25) is 10.0 Å². The summed E-state index contributed by atoms with van der Waals surface area (Å²) in [6, 6.07) is 14.4. The molecule has 1 fully saturated rings. The lowest BCUT2D eigenvalue weighted by atomic mass is 10.2. The molecule has 3 rings (SSSR count). The van der Waals surface area contributed by atoms with Gasteiger partial charge in [-0.25, -0.2) is 0 Å². The predicted octanol–water partition coefficient (Wildman–Crippen LogP) is 5.15. The minimum Gasteiger partial charge on any atom is -0.489 e. The van der Waals surface area contributed by atoms with Crippen LogP contribution in [0.5, 0.6) is 5.75 Å². The number of halogens is 2. The molecule has 2 aromatic rings. The molecule has 2 aromatic carbocycles. The van der Waals surface area contributed by atoms with E-state index in [9.17, 15) is 0 Å². The molecule has 1 aliphatic rings. The molecule has 26 heavy (non-hydrogen) atoms. The number of benzene rings is 2. The van der Waals surface area contributed by atoms with Crippen molar-refractivity contribution in [3.63, 3.8) is 0 Å². The van der Waals surface area contributed by atoms with Gasteiger partial charge in [0.05, 0.1) is 0 Å². The first-order valence-corrected chi connectivity index (χ1v) is 10.0. The first-order valence-electron chi connectivity index (χ1n) is 9.26. The van der Waals surface area contributed by atoms with Gasteiger partial charge in [-0.1, -0.05) is 48.3 Å². The molecule has 1 saturated heterocycles. The van der Waals surface area contributed by atoms with Gasteiger partial charge in [0.2, 0.25) is 0 Å². The Bertz CT molecular complexity index is 685. The summed E-state index contributed by atoms with van der Waals surface area (Å²) >= 11 is 12.4. The van der Waals surface area contributed by atoms with E-state index in [1.165, 1.54) is 24.9 Å². The Morgan fingerprint density at radius 1 is 1.12 bits per heavy atom. The van der Waals surface area contributed by atoms with Gasteiger partial charge in [-0.05, 0) is 55.8 Å². The smallest absolute Gasteiger partial charge is 0.119 e. The molecule has 1 atom stereocenters. The summed E-state index contributed by atoms with van der Waals surface area (Å²) in [4.78, 5) is 2.56. The monoisotopic (exact) mass is 392 g/mol. The third-order valence-corrected chi connectivity index (χ3v) is 5.69. The normalized spacial score (nSPS) is 17.6. The third-order valence-electron chi connectivity index (χ3n) is 4.98. The first-order chi connectivity index (χ1) is 12.7. The Labute approximate surface area is 166 Å². The average Bonchev–Trinajstić information content (AvgIpc) is 3.10. The van der Waals surface area contributed by atoms with Gasteiger partial charge in [-0.2, -0.15) is 0 Å². The summed E-state index contributed by atoms with van der Waals surface area (Å²) in [7, 11) is 0. The fraction of sp³-hybridized carbons (Fsp3) is 0.429. The molecule has 0 amide bonds. The first kappa shape index (κ1) is 19.5. The summed E-state index contributed by atoms with van der Waals surface area (Å²) in [6.45, 7) is 6.93. The SMILES string of the molecule is CCN1CCC[C@@H]1CNCc1ccc(OCc2c(Cl)cccc2Cl)cc1. The van der Waals surface area contributed by atoms with E-state index in [1.807, 2.05) is 30.3 Å². The number of nitrogens with zero attached hydrogens (tertiary/aromatic N) is 1. The minimum absolute atomic E-state index is 0.366. The van der Waals surface area contributed by atoms with Crippen LogP contribution in [0, 0.1) is 0 Å². The van der Waals surface area contributed by atoms with Crippen LogP contribution in [0.4, 0.5) is 0 Å². The number of ether oxygens (including phenoxy) is 1. The summed E-state index contributed by atoms with van der Waals surface area (Å²) in [5.74, 6) is 0.817. The maximum atomic E-state index is 6.18. The number of hydrogen-bond donors (Lipinski definition) is 1. The van der Waals surface area contributed by atoms with Crippen LogP contribution in [0.1, 0.15) is 30.9 Å². The van der Waals surface area contributed by atoms with Gasteiger partial charge >= 0.3 is 0 Å². The summed E-state index contributed by atoms with van der Waals surface area (Å²) in [5, 5.41) is 4.84. The van der Waals surface area contributed by atoms with E-state index in [2.05, 4.69) is 29.3 Å². The molecule has 0 aromatic heterocycles. The van der Waals surface area contributed by atoms with E-state index in [-0.39, 0.29) is 0 Å². The molecular formula is C21H26Cl2N2O. The highest BCUT2D eigenvalue weighted by atomic mass is 35.5. The molecule has 0 spiro atoms. The van der Waals surface area contributed by atoms with E-state index in [0.717, 1.165) is 30.9 Å². The molecule has 1 N–H and O–H groups in total. The zero-order chi connectivity index (χ0) is 18.4. The van der Waals surface area contributed by atoms with E-state index < -0.39 is 0 Å². The van der Waals surface area contributed by atoms with Gasteiger partial charge in [0.15, 0.2) is 0 Å². The summed E-state index contributed by atoms with van der Waals surface area (Å²) in [6.07, 6.45) is 2.62. The lowest BCUT2D eigenvalue weighted by Gasteiger charge is -2.23. The lowest BCUT2D eigenvalue weighted by molar-refractivity contribution is 0.260. The zero-order valence-corrected chi connectivity index (χ0v) is 16.7. The van der Waals surface area contributed by atoms with Crippen molar-refractivity contribution in [2.75, 3.05) is 19.6 Å². The number of likely N-dealkylation sites (N-methyl/N-ethyl adjacent to an activating group) is 1. The topological polar surface area (TPSA) is 24.5 Å². The molecular weight excluding hydrogens is 367 g/mol. The molecule has 1 aliphatic heterocycles. The Kier molecular flexibility index (Phi) is 7.21. The van der Waals surface area contributed by atoms with Crippen LogP contribution in [-0.2, 0) is 13.2 Å². The van der Waals surface area contributed by atoms with E-state index in [1.54, 1.807) is 0 Å². The van der Waals surface area contributed by atoms with Gasteiger partial charge in [0.1, 0.15) is 12.4 Å². The highest BCUT2D eigenvalue weighted by Gasteiger charge is 2.21. The lowest BCUT2D eigenvalue weighted by Crippen LogP contribution is -2.37. The molecule has 140 valence electrons. The molecule has 0 unspecified atom stereocenters. The van der Waals surface area contributed by atoms with Crippen LogP contribution in [0.3, 0.4) is 0 Å².